The van der Waals surface area contributed by atoms with Crippen LogP contribution < -0.4 is 9.47 Å². The second kappa shape index (κ2) is 6.01. The largest absolute Gasteiger partial charge is 0.493 e. The summed E-state index contributed by atoms with van der Waals surface area (Å²) in [4.78, 5) is 4.72. The molecule has 0 amide bonds. The molecule has 0 aliphatic carbocycles. The summed E-state index contributed by atoms with van der Waals surface area (Å²) in [6.07, 6.45) is 0. The van der Waals surface area contributed by atoms with Gasteiger partial charge >= 0.3 is 0 Å². The normalized spacial score (nSPS) is 10.5. The summed E-state index contributed by atoms with van der Waals surface area (Å²) in [5, 5.41) is 8.63. The van der Waals surface area contributed by atoms with Gasteiger partial charge in [-0.1, -0.05) is 6.07 Å². The number of nitrogens with zero attached hydrogens (tertiary/aromatic N) is 3. The number of rotatable bonds is 4. The fraction of sp³-hybridized carbons (Fsp3) is 0.222. The van der Waals surface area contributed by atoms with Crippen LogP contribution in [0.4, 0.5) is 0 Å². The lowest BCUT2D eigenvalue weighted by atomic mass is 10.2. The molecule has 116 valence electrons. The fourth-order valence-corrected chi connectivity index (χ4v) is 2.60. The summed E-state index contributed by atoms with van der Waals surface area (Å²) in [7, 11) is 3.57. The Labute approximate surface area is 134 Å². The van der Waals surface area contributed by atoms with E-state index in [1.807, 2.05) is 25.2 Å². The predicted molar refractivity (Wildman–Crippen MR) is 88.5 cm³/mol. The SMILES string of the molecule is COc1cc(-c2nc3cc(C)ccc3n2C)ccc1OCC#N. The van der Waals surface area contributed by atoms with Gasteiger partial charge in [-0.2, -0.15) is 5.26 Å². The van der Waals surface area contributed by atoms with Crippen molar-refractivity contribution in [1.29, 1.82) is 5.26 Å². The third-order valence-corrected chi connectivity index (χ3v) is 3.75. The Morgan fingerprint density at radius 2 is 2.00 bits per heavy atom. The minimum atomic E-state index is -0.0126. The van der Waals surface area contributed by atoms with Crippen LogP contribution >= 0.6 is 0 Å². The number of aryl methyl sites for hydroxylation is 2. The van der Waals surface area contributed by atoms with Crippen LogP contribution in [-0.2, 0) is 7.05 Å². The van der Waals surface area contributed by atoms with Gasteiger partial charge in [-0.05, 0) is 42.8 Å². The number of fused-ring (bicyclic) bond motifs is 1. The Morgan fingerprint density at radius 3 is 2.74 bits per heavy atom. The van der Waals surface area contributed by atoms with Crippen LogP contribution in [0.3, 0.4) is 0 Å². The smallest absolute Gasteiger partial charge is 0.174 e. The predicted octanol–water partition coefficient (Wildman–Crippen LogP) is 3.46. The number of hydrogen-bond donors (Lipinski definition) is 0. The van der Waals surface area contributed by atoms with Crippen LogP contribution in [0, 0.1) is 18.3 Å². The minimum Gasteiger partial charge on any atom is -0.493 e. The van der Waals surface area contributed by atoms with Gasteiger partial charge in [0, 0.05) is 12.6 Å². The van der Waals surface area contributed by atoms with Crippen LogP contribution in [0.15, 0.2) is 36.4 Å². The van der Waals surface area contributed by atoms with E-state index in [-0.39, 0.29) is 6.61 Å². The Bertz CT molecular complexity index is 907. The lowest BCUT2D eigenvalue weighted by Crippen LogP contribution is -1.98. The molecule has 5 nitrogen and oxygen atoms in total. The van der Waals surface area contributed by atoms with Crippen molar-refractivity contribution in [2.45, 2.75) is 6.92 Å². The minimum absolute atomic E-state index is 0.0126. The first-order chi connectivity index (χ1) is 11.1. The van der Waals surface area contributed by atoms with Crippen molar-refractivity contribution < 1.29 is 9.47 Å². The molecule has 0 aliphatic heterocycles. The molecule has 1 aromatic heterocycles. The first kappa shape index (κ1) is 14.9. The maximum absolute atomic E-state index is 8.63. The van der Waals surface area contributed by atoms with E-state index in [2.05, 4.69) is 29.7 Å². The van der Waals surface area contributed by atoms with E-state index < -0.39 is 0 Å². The van der Waals surface area contributed by atoms with Crippen molar-refractivity contribution in [1.82, 2.24) is 9.55 Å². The molecule has 0 spiro atoms. The highest BCUT2D eigenvalue weighted by molar-refractivity contribution is 5.81. The van der Waals surface area contributed by atoms with Crippen molar-refractivity contribution in [3.8, 4) is 29.0 Å². The molecular formula is C18H17N3O2. The number of ether oxygens (including phenoxy) is 2. The van der Waals surface area contributed by atoms with Crippen LogP contribution in [0.2, 0.25) is 0 Å². The van der Waals surface area contributed by atoms with E-state index >= 15 is 0 Å². The zero-order valence-corrected chi connectivity index (χ0v) is 13.3. The van der Waals surface area contributed by atoms with Crippen molar-refractivity contribution in [2.24, 2.45) is 7.05 Å². The standard InChI is InChI=1S/C18H17N3O2/c1-12-4-6-15-14(10-12)20-18(21(15)2)13-5-7-16(23-9-8-19)17(11-13)22-3/h4-7,10-11H,9H2,1-3H3. The molecule has 3 rings (SSSR count). The molecule has 0 fully saturated rings. The van der Waals surface area contributed by atoms with Crippen molar-refractivity contribution in [3.05, 3.63) is 42.0 Å². The average Bonchev–Trinajstić information content (AvgIpc) is 2.88. The topological polar surface area (TPSA) is 60.1 Å². The summed E-state index contributed by atoms with van der Waals surface area (Å²) < 4.78 is 12.8. The number of benzene rings is 2. The molecule has 3 aromatic rings. The third-order valence-electron chi connectivity index (χ3n) is 3.75. The van der Waals surface area contributed by atoms with Gasteiger partial charge in [0.25, 0.3) is 0 Å². The summed E-state index contributed by atoms with van der Waals surface area (Å²) in [5.74, 6) is 1.99. The van der Waals surface area contributed by atoms with Crippen molar-refractivity contribution in [2.75, 3.05) is 13.7 Å². The monoisotopic (exact) mass is 307 g/mol. The summed E-state index contributed by atoms with van der Waals surface area (Å²) in [6, 6.07) is 13.8. The highest BCUT2D eigenvalue weighted by atomic mass is 16.5. The molecule has 0 unspecified atom stereocenters. The quantitative estimate of drug-likeness (QED) is 0.740. The number of hydrogen-bond acceptors (Lipinski definition) is 4. The van der Waals surface area contributed by atoms with Crippen molar-refractivity contribution in [3.63, 3.8) is 0 Å². The van der Waals surface area contributed by atoms with Crippen LogP contribution in [-0.4, -0.2) is 23.3 Å². The Kier molecular flexibility index (Phi) is 3.90. The van der Waals surface area contributed by atoms with E-state index in [4.69, 9.17) is 19.7 Å². The molecule has 0 N–H and O–H groups in total. The molecule has 1 heterocycles. The van der Waals surface area contributed by atoms with Gasteiger partial charge < -0.3 is 14.0 Å². The molecular weight excluding hydrogens is 290 g/mol. The molecule has 0 saturated carbocycles. The van der Waals surface area contributed by atoms with Gasteiger partial charge in [-0.15, -0.1) is 0 Å². The first-order valence-electron chi connectivity index (χ1n) is 7.25. The molecule has 2 aromatic carbocycles. The first-order valence-corrected chi connectivity index (χ1v) is 7.25. The fourth-order valence-electron chi connectivity index (χ4n) is 2.60. The number of nitriles is 1. The maximum atomic E-state index is 8.63. The Balaban J connectivity index is 2.08. The van der Waals surface area contributed by atoms with Crippen LogP contribution in [0.5, 0.6) is 11.5 Å². The highest BCUT2D eigenvalue weighted by Gasteiger charge is 2.13. The van der Waals surface area contributed by atoms with E-state index in [0.717, 1.165) is 22.4 Å². The lowest BCUT2D eigenvalue weighted by molar-refractivity contribution is 0.330. The van der Waals surface area contributed by atoms with Gasteiger partial charge in [-0.3, -0.25) is 0 Å². The molecule has 0 atom stereocenters. The van der Waals surface area contributed by atoms with E-state index in [1.165, 1.54) is 5.56 Å². The van der Waals surface area contributed by atoms with Gasteiger partial charge in [0.05, 0.1) is 18.1 Å². The number of aromatic nitrogens is 2. The number of imidazole rings is 1. The van der Waals surface area contributed by atoms with Crippen LogP contribution in [0.25, 0.3) is 22.4 Å². The molecule has 0 saturated heterocycles. The van der Waals surface area contributed by atoms with E-state index in [1.54, 1.807) is 13.2 Å². The summed E-state index contributed by atoms with van der Waals surface area (Å²) in [5.41, 5.74) is 4.16. The molecule has 5 heteroatoms. The van der Waals surface area contributed by atoms with E-state index in [0.29, 0.717) is 11.5 Å². The summed E-state index contributed by atoms with van der Waals surface area (Å²) >= 11 is 0. The van der Waals surface area contributed by atoms with Gasteiger partial charge in [0.1, 0.15) is 11.9 Å². The van der Waals surface area contributed by atoms with E-state index in [9.17, 15) is 0 Å². The van der Waals surface area contributed by atoms with Gasteiger partial charge in [-0.25, -0.2) is 4.98 Å². The van der Waals surface area contributed by atoms with Gasteiger partial charge in [0.2, 0.25) is 0 Å². The zero-order chi connectivity index (χ0) is 16.4. The summed E-state index contributed by atoms with van der Waals surface area (Å²) in [6.45, 7) is 2.04. The lowest BCUT2D eigenvalue weighted by Gasteiger charge is -2.10. The Morgan fingerprint density at radius 1 is 1.17 bits per heavy atom. The zero-order valence-electron chi connectivity index (χ0n) is 13.3. The highest BCUT2D eigenvalue weighted by Crippen LogP contribution is 2.33. The van der Waals surface area contributed by atoms with Gasteiger partial charge in [0.15, 0.2) is 18.1 Å². The van der Waals surface area contributed by atoms with Crippen molar-refractivity contribution >= 4 is 11.0 Å². The maximum Gasteiger partial charge on any atom is 0.174 e. The van der Waals surface area contributed by atoms with Crippen LogP contribution in [0.1, 0.15) is 5.56 Å². The number of methoxy groups -OCH3 is 1. The average molecular weight is 307 g/mol. The second-order valence-electron chi connectivity index (χ2n) is 5.30. The molecule has 23 heavy (non-hydrogen) atoms. The molecule has 0 bridgehead atoms. The third kappa shape index (κ3) is 2.71. The molecule has 0 aliphatic rings. The second-order valence-corrected chi connectivity index (χ2v) is 5.30. The molecule has 0 radical (unpaired) electrons. The Hall–Kier alpha value is -3.00.